The monoisotopic (exact) mass is 284 g/mol. The summed E-state index contributed by atoms with van der Waals surface area (Å²) < 4.78 is 0.571. The summed E-state index contributed by atoms with van der Waals surface area (Å²) in [6.07, 6.45) is 0.804. The van der Waals surface area contributed by atoms with E-state index in [-0.39, 0.29) is 0 Å². The Hall–Kier alpha value is -0.900. The van der Waals surface area contributed by atoms with Crippen molar-refractivity contribution in [2.45, 2.75) is 13.3 Å². The van der Waals surface area contributed by atoms with Crippen LogP contribution in [0, 0.1) is 4.64 Å². The van der Waals surface area contributed by atoms with E-state index in [1.54, 1.807) is 6.07 Å². The normalized spacial score (nSPS) is 10.5. The number of H-pyrrole nitrogens is 1. The molecule has 1 heterocycles. The number of nitrogens with zero attached hydrogens (tertiary/aromatic N) is 1. The summed E-state index contributed by atoms with van der Waals surface area (Å²) in [6.45, 7) is 2.02. The maximum Gasteiger partial charge on any atom is 0.130 e. The minimum absolute atomic E-state index is 0.526. The number of aromatic amines is 1. The van der Waals surface area contributed by atoms with Gasteiger partial charge in [0.15, 0.2) is 0 Å². The molecule has 0 unspecified atom stereocenters. The molecule has 1 N–H and O–H groups in total. The van der Waals surface area contributed by atoms with Gasteiger partial charge in [0.1, 0.15) is 10.5 Å². The van der Waals surface area contributed by atoms with Crippen LogP contribution in [-0.4, -0.2) is 9.97 Å². The highest BCUT2D eigenvalue weighted by molar-refractivity contribution is 7.71. The standard InChI is InChI=1S/C12H10Cl2N2S/c1-2-11-15-10(6-12(17)16-11)7-3-4-8(13)9(14)5-7/h3-6H,2H2,1H3,(H,15,16,17). The molecular weight excluding hydrogens is 275 g/mol. The second-order valence-electron chi connectivity index (χ2n) is 3.56. The molecule has 0 aliphatic heterocycles. The number of hydrogen-bond acceptors (Lipinski definition) is 2. The van der Waals surface area contributed by atoms with Gasteiger partial charge in [0.2, 0.25) is 0 Å². The number of nitrogens with one attached hydrogen (secondary N) is 1. The molecule has 0 saturated heterocycles. The molecule has 0 amide bonds. The van der Waals surface area contributed by atoms with Gasteiger partial charge >= 0.3 is 0 Å². The maximum absolute atomic E-state index is 5.99. The van der Waals surface area contributed by atoms with Gasteiger partial charge in [0.25, 0.3) is 0 Å². The van der Waals surface area contributed by atoms with Crippen molar-refractivity contribution in [3.05, 3.63) is 44.8 Å². The van der Waals surface area contributed by atoms with Crippen molar-refractivity contribution in [3.63, 3.8) is 0 Å². The first-order chi connectivity index (χ1) is 8.10. The van der Waals surface area contributed by atoms with Gasteiger partial charge in [-0.2, -0.15) is 0 Å². The van der Waals surface area contributed by atoms with Crippen LogP contribution in [0.25, 0.3) is 11.3 Å². The molecule has 0 radical (unpaired) electrons. The first-order valence-electron chi connectivity index (χ1n) is 5.16. The molecule has 0 saturated carbocycles. The Morgan fingerprint density at radius 1 is 1.24 bits per heavy atom. The third kappa shape index (κ3) is 2.86. The Balaban J connectivity index is 2.55. The fourth-order valence-electron chi connectivity index (χ4n) is 1.49. The lowest BCUT2D eigenvalue weighted by Crippen LogP contribution is -1.95. The van der Waals surface area contributed by atoms with Crippen LogP contribution in [0.4, 0.5) is 0 Å². The molecule has 5 heteroatoms. The second kappa shape index (κ2) is 5.17. The van der Waals surface area contributed by atoms with Gasteiger partial charge in [-0.15, -0.1) is 0 Å². The van der Waals surface area contributed by atoms with Gasteiger partial charge in [-0.25, -0.2) is 4.98 Å². The molecule has 0 bridgehead atoms. The Bertz CT molecular complexity index is 608. The van der Waals surface area contributed by atoms with E-state index in [9.17, 15) is 0 Å². The Morgan fingerprint density at radius 3 is 2.65 bits per heavy atom. The average molecular weight is 285 g/mol. The molecule has 2 aromatic rings. The molecule has 0 atom stereocenters. The molecule has 0 aliphatic carbocycles. The van der Waals surface area contributed by atoms with E-state index in [1.165, 1.54) is 0 Å². The maximum atomic E-state index is 5.99. The summed E-state index contributed by atoms with van der Waals surface area (Å²) in [5.74, 6) is 0.860. The van der Waals surface area contributed by atoms with Gasteiger partial charge in [-0.3, -0.25) is 0 Å². The molecular formula is C12H10Cl2N2S. The molecule has 2 nitrogen and oxygen atoms in total. The smallest absolute Gasteiger partial charge is 0.130 e. The summed E-state index contributed by atoms with van der Waals surface area (Å²) in [5, 5.41) is 1.07. The lowest BCUT2D eigenvalue weighted by Gasteiger charge is -2.06. The molecule has 17 heavy (non-hydrogen) atoms. The summed E-state index contributed by atoms with van der Waals surface area (Å²) in [6, 6.07) is 7.29. The minimum Gasteiger partial charge on any atom is -0.343 e. The zero-order valence-corrected chi connectivity index (χ0v) is 11.5. The highest BCUT2D eigenvalue weighted by Gasteiger charge is 2.04. The van der Waals surface area contributed by atoms with Gasteiger partial charge in [0, 0.05) is 12.1 Å². The van der Waals surface area contributed by atoms with Crippen molar-refractivity contribution in [2.75, 3.05) is 0 Å². The molecule has 0 fully saturated rings. The van der Waals surface area contributed by atoms with Crippen LogP contribution in [-0.2, 0) is 6.42 Å². The first kappa shape index (κ1) is 12.6. The van der Waals surface area contributed by atoms with Crippen LogP contribution in [0.5, 0.6) is 0 Å². The fourth-order valence-corrected chi connectivity index (χ4v) is 2.02. The lowest BCUT2D eigenvalue weighted by molar-refractivity contribution is 0.936. The van der Waals surface area contributed by atoms with Gasteiger partial charge in [-0.05, 0) is 23.8 Å². The number of hydrogen-bond donors (Lipinski definition) is 1. The Labute approximate surface area is 115 Å². The number of aryl methyl sites for hydroxylation is 1. The topological polar surface area (TPSA) is 28.7 Å². The van der Waals surface area contributed by atoms with E-state index < -0.39 is 0 Å². The quantitative estimate of drug-likeness (QED) is 0.812. The molecule has 1 aromatic heterocycles. The van der Waals surface area contributed by atoms with Crippen molar-refractivity contribution < 1.29 is 0 Å². The number of aromatic nitrogens is 2. The molecule has 0 spiro atoms. The number of rotatable bonds is 2. The first-order valence-corrected chi connectivity index (χ1v) is 6.32. The van der Waals surface area contributed by atoms with Crippen LogP contribution in [0.3, 0.4) is 0 Å². The van der Waals surface area contributed by atoms with E-state index in [2.05, 4.69) is 9.97 Å². The van der Waals surface area contributed by atoms with Gasteiger partial charge in [0.05, 0.1) is 10.0 Å². The van der Waals surface area contributed by atoms with Crippen molar-refractivity contribution >= 4 is 35.4 Å². The number of halogens is 2. The Kier molecular flexibility index (Phi) is 3.82. The third-order valence-electron chi connectivity index (χ3n) is 2.36. The summed E-state index contributed by atoms with van der Waals surface area (Å²) >= 11 is 17.0. The van der Waals surface area contributed by atoms with E-state index in [1.807, 2.05) is 25.1 Å². The van der Waals surface area contributed by atoms with Gasteiger partial charge in [-0.1, -0.05) is 48.4 Å². The van der Waals surface area contributed by atoms with Gasteiger partial charge < -0.3 is 4.98 Å². The fraction of sp³-hybridized carbons (Fsp3) is 0.167. The largest absolute Gasteiger partial charge is 0.343 e. The molecule has 2 rings (SSSR count). The number of benzene rings is 1. The summed E-state index contributed by atoms with van der Waals surface area (Å²) in [5.41, 5.74) is 1.85. The van der Waals surface area contributed by atoms with Crippen molar-refractivity contribution in [1.82, 2.24) is 9.97 Å². The lowest BCUT2D eigenvalue weighted by atomic mass is 10.1. The van der Waals surface area contributed by atoms with Crippen LogP contribution in [0.2, 0.25) is 10.0 Å². The predicted octanol–water partition coefficient (Wildman–Crippen LogP) is 4.68. The molecule has 1 aromatic carbocycles. The van der Waals surface area contributed by atoms with Crippen LogP contribution < -0.4 is 0 Å². The predicted molar refractivity (Wildman–Crippen MR) is 74.3 cm³/mol. The summed E-state index contributed by atoms with van der Waals surface area (Å²) in [4.78, 5) is 7.44. The third-order valence-corrected chi connectivity index (χ3v) is 3.31. The zero-order valence-electron chi connectivity index (χ0n) is 9.13. The van der Waals surface area contributed by atoms with Crippen molar-refractivity contribution in [1.29, 1.82) is 0 Å². The highest BCUT2D eigenvalue weighted by atomic mass is 35.5. The van der Waals surface area contributed by atoms with Crippen molar-refractivity contribution in [3.8, 4) is 11.3 Å². The average Bonchev–Trinajstić information content (AvgIpc) is 2.32. The van der Waals surface area contributed by atoms with Crippen LogP contribution in [0.15, 0.2) is 24.3 Å². The van der Waals surface area contributed by atoms with Crippen molar-refractivity contribution in [2.24, 2.45) is 0 Å². The second-order valence-corrected chi connectivity index (χ2v) is 4.79. The highest BCUT2D eigenvalue weighted by Crippen LogP contribution is 2.27. The molecule has 88 valence electrons. The SMILES string of the molecule is CCc1nc(=S)cc(-c2ccc(Cl)c(Cl)c2)[nH]1. The zero-order chi connectivity index (χ0) is 12.4. The molecule has 0 aliphatic rings. The van der Waals surface area contributed by atoms with E-state index in [4.69, 9.17) is 35.4 Å². The van der Waals surface area contributed by atoms with E-state index >= 15 is 0 Å². The van der Waals surface area contributed by atoms with E-state index in [0.29, 0.717) is 14.7 Å². The Morgan fingerprint density at radius 2 is 2.00 bits per heavy atom. The van der Waals surface area contributed by atoms with E-state index in [0.717, 1.165) is 23.5 Å². The minimum atomic E-state index is 0.526. The van der Waals surface area contributed by atoms with Crippen LogP contribution >= 0.6 is 35.4 Å². The summed E-state index contributed by atoms with van der Waals surface area (Å²) in [7, 11) is 0. The van der Waals surface area contributed by atoms with Crippen LogP contribution in [0.1, 0.15) is 12.7 Å².